The van der Waals surface area contributed by atoms with Crippen LogP contribution in [-0.2, 0) is 4.79 Å². The average Bonchev–Trinajstić information content (AvgIpc) is 2.34. The first kappa shape index (κ1) is 14.5. The fourth-order valence-electron chi connectivity index (χ4n) is 2.32. The monoisotopic (exact) mass is 242 g/mol. The molecule has 0 aromatic heterocycles. The summed E-state index contributed by atoms with van der Waals surface area (Å²) in [7, 11) is 0. The van der Waals surface area contributed by atoms with Crippen molar-refractivity contribution in [1.82, 2.24) is 10.2 Å². The molecular formula is C13H26N2O2. The smallest absolute Gasteiger partial charge is 0.303 e. The van der Waals surface area contributed by atoms with E-state index in [1.54, 1.807) is 0 Å². The van der Waals surface area contributed by atoms with Crippen molar-refractivity contribution in [1.29, 1.82) is 0 Å². The van der Waals surface area contributed by atoms with E-state index in [0.717, 1.165) is 25.4 Å². The second kappa shape index (κ2) is 7.67. The minimum Gasteiger partial charge on any atom is -0.481 e. The Kier molecular flexibility index (Phi) is 6.52. The summed E-state index contributed by atoms with van der Waals surface area (Å²) in [5.41, 5.74) is 0. The van der Waals surface area contributed by atoms with E-state index in [4.69, 9.17) is 5.11 Å². The number of aliphatic carboxylic acids is 1. The van der Waals surface area contributed by atoms with Gasteiger partial charge in [0.1, 0.15) is 0 Å². The summed E-state index contributed by atoms with van der Waals surface area (Å²) in [5.74, 6) is 0.0694. The molecule has 1 aliphatic heterocycles. The number of piperidine rings is 1. The average molecular weight is 242 g/mol. The highest BCUT2D eigenvalue weighted by Gasteiger charge is 2.18. The number of nitrogens with zero attached hydrogens (tertiary/aromatic N) is 1. The van der Waals surface area contributed by atoms with Crippen molar-refractivity contribution in [2.75, 3.05) is 26.2 Å². The highest BCUT2D eigenvalue weighted by molar-refractivity contribution is 5.66. The Morgan fingerprint density at radius 2 is 2.12 bits per heavy atom. The molecule has 2 N–H and O–H groups in total. The second-order valence-electron chi connectivity index (χ2n) is 5.12. The third kappa shape index (κ3) is 6.03. The molecule has 4 nitrogen and oxygen atoms in total. The molecule has 17 heavy (non-hydrogen) atoms. The van der Waals surface area contributed by atoms with Gasteiger partial charge < -0.3 is 15.3 Å². The summed E-state index contributed by atoms with van der Waals surface area (Å²) in [6.07, 6.45) is 3.53. The van der Waals surface area contributed by atoms with Crippen LogP contribution in [0.4, 0.5) is 0 Å². The van der Waals surface area contributed by atoms with Crippen LogP contribution in [0, 0.1) is 5.92 Å². The molecule has 0 amide bonds. The topological polar surface area (TPSA) is 52.6 Å². The molecule has 0 aromatic carbocycles. The summed E-state index contributed by atoms with van der Waals surface area (Å²) in [5, 5.41) is 12.1. The Bertz CT molecular complexity index is 225. The van der Waals surface area contributed by atoms with E-state index >= 15 is 0 Å². The largest absolute Gasteiger partial charge is 0.481 e. The van der Waals surface area contributed by atoms with Crippen LogP contribution in [0.1, 0.15) is 39.5 Å². The highest BCUT2D eigenvalue weighted by atomic mass is 16.4. The van der Waals surface area contributed by atoms with Crippen LogP contribution in [0.25, 0.3) is 0 Å². The van der Waals surface area contributed by atoms with Gasteiger partial charge >= 0.3 is 5.97 Å². The van der Waals surface area contributed by atoms with E-state index in [2.05, 4.69) is 24.1 Å². The molecule has 1 unspecified atom stereocenters. The lowest BCUT2D eigenvalue weighted by molar-refractivity contribution is -0.137. The van der Waals surface area contributed by atoms with Crippen LogP contribution in [0.5, 0.6) is 0 Å². The zero-order valence-electron chi connectivity index (χ0n) is 11.1. The number of nitrogens with one attached hydrogen (secondary N) is 1. The van der Waals surface area contributed by atoms with Crippen LogP contribution < -0.4 is 5.32 Å². The molecule has 0 saturated carbocycles. The lowest BCUT2D eigenvalue weighted by Gasteiger charge is -2.31. The van der Waals surface area contributed by atoms with Gasteiger partial charge in [0.15, 0.2) is 0 Å². The Hall–Kier alpha value is -0.610. The maximum absolute atomic E-state index is 10.4. The number of rotatable bonds is 7. The zero-order valence-corrected chi connectivity index (χ0v) is 11.1. The summed E-state index contributed by atoms with van der Waals surface area (Å²) < 4.78 is 0. The van der Waals surface area contributed by atoms with Gasteiger partial charge in [-0.25, -0.2) is 0 Å². The van der Waals surface area contributed by atoms with E-state index in [1.165, 1.54) is 25.9 Å². The quantitative estimate of drug-likeness (QED) is 0.711. The van der Waals surface area contributed by atoms with E-state index < -0.39 is 5.97 Å². The second-order valence-corrected chi connectivity index (χ2v) is 5.12. The molecule has 100 valence electrons. The van der Waals surface area contributed by atoms with Crippen molar-refractivity contribution in [2.45, 2.75) is 45.6 Å². The SMILES string of the molecule is CCN1CCC(CNC(C)CCC(=O)O)CC1. The van der Waals surface area contributed by atoms with Gasteiger partial charge in [-0.2, -0.15) is 0 Å². The summed E-state index contributed by atoms with van der Waals surface area (Å²) in [6, 6.07) is 0.315. The molecule has 0 spiro atoms. The number of carboxylic acid groups (broad SMARTS) is 1. The number of carboxylic acids is 1. The maximum Gasteiger partial charge on any atom is 0.303 e. The fraction of sp³-hybridized carbons (Fsp3) is 0.923. The van der Waals surface area contributed by atoms with Crippen LogP contribution in [0.2, 0.25) is 0 Å². The molecule has 0 bridgehead atoms. The molecule has 0 radical (unpaired) electrons. The normalized spacial score (nSPS) is 20.4. The summed E-state index contributed by atoms with van der Waals surface area (Å²) in [4.78, 5) is 12.9. The van der Waals surface area contributed by atoms with Gasteiger partial charge in [-0.15, -0.1) is 0 Å². The van der Waals surface area contributed by atoms with Crippen molar-refractivity contribution in [3.63, 3.8) is 0 Å². The van der Waals surface area contributed by atoms with Gasteiger partial charge in [0, 0.05) is 12.5 Å². The van der Waals surface area contributed by atoms with Crippen molar-refractivity contribution >= 4 is 5.97 Å². The lowest BCUT2D eigenvalue weighted by Crippen LogP contribution is -2.39. The Morgan fingerprint density at radius 3 is 2.65 bits per heavy atom. The van der Waals surface area contributed by atoms with Crippen LogP contribution in [0.3, 0.4) is 0 Å². The summed E-state index contributed by atoms with van der Waals surface area (Å²) in [6.45, 7) is 8.92. The number of hydrogen-bond donors (Lipinski definition) is 2. The molecular weight excluding hydrogens is 216 g/mol. The molecule has 4 heteroatoms. The Morgan fingerprint density at radius 1 is 1.47 bits per heavy atom. The third-order valence-corrected chi connectivity index (χ3v) is 3.70. The highest BCUT2D eigenvalue weighted by Crippen LogP contribution is 2.16. The number of likely N-dealkylation sites (tertiary alicyclic amines) is 1. The fourth-order valence-corrected chi connectivity index (χ4v) is 2.32. The first-order valence-electron chi connectivity index (χ1n) is 6.79. The van der Waals surface area contributed by atoms with E-state index in [0.29, 0.717) is 6.04 Å². The molecule has 1 heterocycles. The Labute approximate surface area is 104 Å². The van der Waals surface area contributed by atoms with E-state index in [9.17, 15) is 4.79 Å². The molecule has 0 aromatic rings. The van der Waals surface area contributed by atoms with Gasteiger partial charge in [0.05, 0.1) is 0 Å². The number of hydrogen-bond acceptors (Lipinski definition) is 3. The van der Waals surface area contributed by atoms with Gasteiger partial charge in [-0.1, -0.05) is 6.92 Å². The van der Waals surface area contributed by atoms with Gasteiger partial charge in [0.25, 0.3) is 0 Å². The van der Waals surface area contributed by atoms with Crippen molar-refractivity contribution in [3.05, 3.63) is 0 Å². The number of carbonyl (C=O) groups is 1. The van der Waals surface area contributed by atoms with Crippen LogP contribution >= 0.6 is 0 Å². The predicted molar refractivity (Wildman–Crippen MR) is 69.2 cm³/mol. The molecule has 1 saturated heterocycles. The van der Waals surface area contributed by atoms with Crippen molar-refractivity contribution < 1.29 is 9.90 Å². The van der Waals surface area contributed by atoms with Crippen LogP contribution in [0.15, 0.2) is 0 Å². The maximum atomic E-state index is 10.4. The first-order valence-corrected chi connectivity index (χ1v) is 6.79. The predicted octanol–water partition coefficient (Wildman–Crippen LogP) is 1.56. The minimum atomic E-state index is -0.699. The minimum absolute atomic E-state index is 0.266. The van der Waals surface area contributed by atoms with Crippen molar-refractivity contribution in [2.24, 2.45) is 5.92 Å². The van der Waals surface area contributed by atoms with Crippen molar-refractivity contribution in [3.8, 4) is 0 Å². The van der Waals surface area contributed by atoms with Gasteiger partial charge in [-0.05, 0) is 58.3 Å². The van der Waals surface area contributed by atoms with E-state index in [-0.39, 0.29) is 6.42 Å². The standard InChI is InChI=1S/C13H26N2O2/c1-3-15-8-6-12(7-9-15)10-14-11(2)4-5-13(16)17/h11-12,14H,3-10H2,1-2H3,(H,16,17). The van der Waals surface area contributed by atoms with Gasteiger partial charge in [-0.3, -0.25) is 4.79 Å². The summed E-state index contributed by atoms with van der Waals surface area (Å²) >= 11 is 0. The first-order chi connectivity index (χ1) is 8.11. The molecule has 1 aliphatic rings. The van der Waals surface area contributed by atoms with E-state index in [1.807, 2.05) is 0 Å². The van der Waals surface area contributed by atoms with Crippen LogP contribution in [-0.4, -0.2) is 48.2 Å². The Balaban J connectivity index is 2.08. The molecule has 1 rings (SSSR count). The molecule has 1 atom stereocenters. The lowest BCUT2D eigenvalue weighted by atomic mass is 9.96. The molecule has 1 fully saturated rings. The molecule has 0 aliphatic carbocycles. The zero-order chi connectivity index (χ0) is 12.7. The van der Waals surface area contributed by atoms with Gasteiger partial charge in [0.2, 0.25) is 0 Å². The third-order valence-electron chi connectivity index (χ3n) is 3.70.